The summed E-state index contributed by atoms with van der Waals surface area (Å²) in [4.78, 5) is 7.59. The number of hydrogen-bond donors (Lipinski definition) is 0. The van der Waals surface area contributed by atoms with Crippen molar-refractivity contribution >= 4 is 96.1 Å². The third-order valence-electron chi connectivity index (χ3n) is 15.7. The van der Waals surface area contributed by atoms with Crippen molar-refractivity contribution in [3.63, 3.8) is 0 Å². The second-order valence-electron chi connectivity index (χ2n) is 20.1. The summed E-state index contributed by atoms with van der Waals surface area (Å²) in [6, 6.07) is 109. The smallest absolute Gasteiger partial charge is 0.252 e. The van der Waals surface area contributed by atoms with Crippen molar-refractivity contribution in [3.05, 3.63) is 297 Å². The van der Waals surface area contributed by atoms with Crippen LogP contribution in [0.3, 0.4) is 0 Å². The Hall–Kier alpha value is -10.1. The highest BCUT2D eigenvalue weighted by molar-refractivity contribution is 7.00. The van der Waals surface area contributed by atoms with E-state index in [1.165, 1.54) is 60.6 Å². The van der Waals surface area contributed by atoms with Crippen molar-refractivity contribution in [2.24, 2.45) is 0 Å². The molecule has 15 rings (SSSR count). The van der Waals surface area contributed by atoms with E-state index < -0.39 is 0 Å². The molecule has 1 aromatic heterocycles. The minimum atomic E-state index is -0.157. The maximum Gasteiger partial charge on any atom is 0.252 e. The van der Waals surface area contributed by atoms with Crippen LogP contribution in [0.5, 0.6) is 0 Å². The first-order chi connectivity index (χ1) is 38.2. The molecule has 12 aromatic carbocycles. The predicted molar refractivity (Wildman–Crippen MR) is 326 cm³/mol. The van der Waals surface area contributed by atoms with Crippen molar-refractivity contribution in [1.82, 2.24) is 4.57 Å². The van der Waals surface area contributed by atoms with Gasteiger partial charge in [0.2, 0.25) is 0 Å². The average Bonchev–Trinajstić information content (AvgIpc) is 4.07. The van der Waals surface area contributed by atoms with Crippen LogP contribution in [-0.2, 0) is 0 Å². The molecule has 13 aromatic rings. The highest BCUT2D eigenvalue weighted by Crippen LogP contribution is 2.51. The number of benzene rings is 12. The zero-order valence-electron chi connectivity index (χ0n) is 42.2. The van der Waals surface area contributed by atoms with Crippen LogP contribution in [-0.4, -0.2) is 11.3 Å². The Kier molecular flexibility index (Phi) is 10.6. The molecule has 0 unspecified atom stereocenters. The minimum absolute atomic E-state index is 0.157. The molecule has 0 radical (unpaired) electrons. The maximum absolute atomic E-state index is 2.61. The molecule has 0 aliphatic carbocycles. The van der Waals surface area contributed by atoms with Crippen LogP contribution in [0.2, 0.25) is 0 Å². The SMILES string of the molecule is c1ccc(-c2cccc(N3c4ccc(-c5ccccc5)cc4B4c5ccc6c(c5N(c5cccc(-c7ccccc7)c5)c5cc(N(c7ccccc7)c7ccccc7)cc3c54)c3ccccc3n6-c3ccccc3)c2)cc1. The van der Waals surface area contributed by atoms with E-state index in [1.54, 1.807) is 0 Å². The highest BCUT2D eigenvalue weighted by Gasteiger charge is 2.45. The van der Waals surface area contributed by atoms with E-state index in [-0.39, 0.29) is 6.71 Å². The summed E-state index contributed by atoms with van der Waals surface area (Å²) in [5.41, 5.74) is 24.2. The first-order valence-corrected chi connectivity index (χ1v) is 26.5. The second kappa shape index (κ2) is 18.4. The topological polar surface area (TPSA) is 14.7 Å². The van der Waals surface area contributed by atoms with Gasteiger partial charge in [0.05, 0.1) is 22.4 Å². The lowest BCUT2D eigenvalue weighted by molar-refractivity contribution is 1.18. The third-order valence-corrected chi connectivity index (χ3v) is 15.7. The van der Waals surface area contributed by atoms with Gasteiger partial charge in [-0.05, 0) is 141 Å². The molecule has 0 saturated carbocycles. The zero-order chi connectivity index (χ0) is 50.8. The van der Waals surface area contributed by atoms with Gasteiger partial charge in [-0.1, -0.05) is 206 Å². The summed E-state index contributed by atoms with van der Waals surface area (Å²) in [6.07, 6.45) is 0. The first-order valence-electron chi connectivity index (χ1n) is 26.5. The van der Waals surface area contributed by atoms with Gasteiger partial charge in [-0.3, -0.25) is 0 Å². The molecule has 2 aliphatic rings. The van der Waals surface area contributed by atoms with Crippen LogP contribution in [0, 0.1) is 0 Å². The summed E-state index contributed by atoms with van der Waals surface area (Å²) in [5, 5.41) is 2.42. The summed E-state index contributed by atoms with van der Waals surface area (Å²) >= 11 is 0. The van der Waals surface area contributed by atoms with Gasteiger partial charge in [0.15, 0.2) is 0 Å². The Balaban J connectivity index is 1.11. The summed E-state index contributed by atoms with van der Waals surface area (Å²) in [5.74, 6) is 0. The van der Waals surface area contributed by atoms with Gasteiger partial charge in [0.25, 0.3) is 6.71 Å². The first kappa shape index (κ1) is 44.4. The third kappa shape index (κ3) is 7.39. The van der Waals surface area contributed by atoms with Crippen molar-refractivity contribution in [1.29, 1.82) is 0 Å². The normalized spacial score (nSPS) is 12.3. The van der Waals surface area contributed by atoms with Crippen LogP contribution >= 0.6 is 0 Å². The monoisotopic (exact) mass is 980 g/mol. The quantitative estimate of drug-likeness (QED) is 0.134. The molecule has 0 bridgehead atoms. The van der Waals surface area contributed by atoms with Crippen molar-refractivity contribution in [3.8, 4) is 39.1 Å². The van der Waals surface area contributed by atoms with Gasteiger partial charge in [-0.25, -0.2) is 0 Å². The lowest BCUT2D eigenvalue weighted by Crippen LogP contribution is -2.61. The number of rotatable bonds is 9. The fourth-order valence-electron chi connectivity index (χ4n) is 12.4. The molecule has 0 N–H and O–H groups in total. The largest absolute Gasteiger partial charge is 0.311 e. The number of anilines is 9. The molecule has 2 aliphatic heterocycles. The van der Waals surface area contributed by atoms with Crippen molar-refractivity contribution in [2.75, 3.05) is 14.7 Å². The fourth-order valence-corrected chi connectivity index (χ4v) is 12.4. The van der Waals surface area contributed by atoms with Crippen molar-refractivity contribution in [2.45, 2.75) is 0 Å². The molecular formula is C72H49BN4. The standard InChI is InChI=1S/C72H49BN4/c1-7-23-50(24-8-1)53-29-21-37-59(45-53)76-66-43-41-55(52-27-11-3-12-28-52)47-64(66)73-63-42-44-67-70(62-39-19-20-40-65(62)75(67)58-35-17-6-18-36-58)72(63)77(60-38-22-30-54(46-60)51-25-9-2-10-26-51)69-49-61(48-68(76)71(69)73)74(56-31-13-4-14-32-56)57-33-15-5-16-34-57/h1-49H. The fraction of sp³-hybridized carbons (Fsp3) is 0. The van der Waals surface area contributed by atoms with E-state index in [2.05, 4.69) is 317 Å². The number of para-hydroxylation sites is 4. The second-order valence-corrected chi connectivity index (χ2v) is 20.1. The number of fused-ring (bicyclic) bond motifs is 8. The predicted octanol–water partition coefficient (Wildman–Crippen LogP) is 17.3. The van der Waals surface area contributed by atoms with Gasteiger partial charge >= 0.3 is 0 Å². The van der Waals surface area contributed by atoms with Crippen molar-refractivity contribution < 1.29 is 0 Å². The Morgan fingerprint density at radius 2 is 0.753 bits per heavy atom. The highest BCUT2D eigenvalue weighted by atomic mass is 15.2. The molecule has 360 valence electrons. The summed E-state index contributed by atoms with van der Waals surface area (Å²) in [6.45, 7) is -0.157. The number of nitrogens with zero attached hydrogens (tertiary/aromatic N) is 4. The van der Waals surface area contributed by atoms with Crippen LogP contribution < -0.4 is 31.1 Å². The molecule has 0 amide bonds. The molecule has 0 spiro atoms. The molecular weight excluding hydrogens is 932 g/mol. The summed E-state index contributed by atoms with van der Waals surface area (Å²) < 4.78 is 2.46. The van der Waals surface area contributed by atoms with E-state index in [4.69, 9.17) is 0 Å². The number of aromatic nitrogens is 1. The van der Waals surface area contributed by atoms with Crippen LogP contribution in [0.4, 0.5) is 51.2 Å². The van der Waals surface area contributed by atoms with Gasteiger partial charge in [-0.2, -0.15) is 0 Å². The van der Waals surface area contributed by atoms with E-state index in [9.17, 15) is 0 Å². The summed E-state index contributed by atoms with van der Waals surface area (Å²) in [7, 11) is 0. The van der Waals surface area contributed by atoms with Gasteiger partial charge in [-0.15, -0.1) is 0 Å². The maximum atomic E-state index is 2.61. The van der Waals surface area contributed by atoms with E-state index >= 15 is 0 Å². The molecule has 0 fully saturated rings. The van der Waals surface area contributed by atoms with E-state index in [0.29, 0.717) is 0 Å². The van der Waals surface area contributed by atoms with Gasteiger partial charge in [0.1, 0.15) is 0 Å². The number of hydrogen-bond acceptors (Lipinski definition) is 3. The molecule has 5 heteroatoms. The van der Waals surface area contributed by atoms with E-state index in [0.717, 1.165) is 67.8 Å². The van der Waals surface area contributed by atoms with Gasteiger partial charge < -0.3 is 19.3 Å². The lowest BCUT2D eigenvalue weighted by atomic mass is 9.33. The van der Waals surface area contributed by atoms with Gasteiger partial charge in [0, 0.05) is 56.3 Å². The average molecular weight is 981 g/mol. The Morgan fingerprint density at radius 1 is 0.286 bits per heavy atom. The molecule has 3 heterocycles. The molecule has 0 saturated heterocycles. The molecule has 4 nitrogen and oxygen atoms in total. The van der Waals surface area contributed by atoms with Crippen LogP contribution in [0.1, 0.15) is 0 Å². The van der Waals surface area contributed by atoms with Crippen LogP contribution in [0.15, 0.2) is 297 Å². The Labute approximate surface area is 449 Å². The van der Waals surface area contributed by atoms with E-state index in [1.807, 2.05) is 0 Å². The molecule has 0 atom stereocenters. The lowest BCUT2D eigenvalue weighted by Gasteiger charge is -2.45. The Morgan fingerprint density at radius 3 is 1.34 bits per heavy atom. The molecule has 77 heavy (non-hydrogen) atoms. The minimum Gasteiger partial charge on any atom is -0.311 e. The zero-order valence-corrected chi connectivity index (χ0v) is 42.2. The Bertz CT molecular complexity index is 4290. The van der Waals surface area contributed by atoms with Crippen LogP contribution in [0.25, 0.3) is 60.9 Å².